The Bertz CT molecular complexity index is 124. The van der Waals surface area contributed by atoms with Crippen LogP contribution in [0.15, 0.2) is 0 Å². The Labute approximate surface area is 77.7 Å². The molecule has 0 spiro atoms. The van der Waals surface area contributed by atoms with Crippen molar-refractivity contribution in [2.75, 3.05) is 0 Å². The standard InChI is InChI=1S/C12H24/c1-9(2)6-5-7-11-8-12(11)10(3)4/h9-12H,5-8H2,1-4H3/t11-,12-/m1/s1. The van der Waals surface area contributed by atoms with Crippen LogP contribution in [-0.2, 0) is 0 Å². The molecule has 1 fully saturated rings. The predicted molar refractivity (Wildman–Crippen MR) is 55.1 cm³/mol. The van der Waals surface area contributed by atoms with E-state index in [1.54, 1.807) is 0 Å². The molecule has 0 aromatic carbocycles. The van der Waals surface area contributed by atoms with E-state index in [1.807, 2.05) is 0 Å². The molecule has 1 aliphatic rings. The van der Waals surface area contributed by atoms with Crippen molar-refractivity contribution < 1.29 is 0 Å². The van der Waals surface area contributed by atoms with E-state index in [4.69, 9.17) is 0 Å². The zero-order valence-electron chi connectivity index (χ0n) is 9.14. The van der Waals surface area contributed by atoms with Gasteiger partial charge in [-0.1, -0.05) is 47.0 Å². The molecule has 1 aliphatic carbocycles. The molecule has 0 nitrogen and oxygen atoms in total. The van der Waals surface area contributed by atoms with Gasteiger partial charge in [-0.2, -0.15) is 0 Å². The SMILES string of the molecule is CC(C)CCC[C@@H]1C[C@@H]1C(C)C. The third-order valence-corrected chi connectivity index (χ3v) is 3.19. The summed E-state index contributed by atoms with van der Waals surface area (Å²) >= 11 is 0. The lowest BCUT2D eigenvalue weighted by atomic mass is 10.0. The van der Waals surface area contributed by atoms with E-state index < -0.39 is 0 Å². The van der Waals surface area contributed by atoms with Crippen molar-refractivity contribution in [3.05, 3.63) is 0 Å². The van der Waals surface area contributed by atoms with Gasteiger partial charge in [0.2, 0.25) is 0 Å². The molecular formula is C12H24. The van der Waals surface area contributed by atoms with Crippen molar-refractivity contribution in [2.45, 2.75) is 53.4 Å². The van der Waals surface area contributed by atoms with Crippen LogP contribution in [0.5, 0.6) is 0 Å². The summed E-state index contributed by atoms with van der Waals surface area (Å²) in [5.74, 6) is 4.02. The minimum atomic E-state index is 0.904. The van der Waals surface area contributed by atoms with Gasteiger partial charge in [0.15, 0.2) is 0 Å². The summed E-state index contributed by atoms with van der Waals surface area (Å²) in [7, 11) is 0. The van der Waals surface area contributed by atoms with Crippen LogP contribution >= 0.6 is 0 Å². The molecule has 2 atom stereocenters. The first-order valence-corrected chi connectivity index (χ1v) is 5.61. The Morgan fingerprint density at radius 3 is 2.25 bits per heavy atom. The molecule has 1 rings (SSSR count). The third kappa shape index (κ3) is 3.16. The van der Waals surface area contributed by atoms with Gasteiger partial charge in [0.1, 0.15) is 0 Å². The van der Waals surface area contributed by atoms with E-state index in [0.29, 0.717) is 0 Å². The highest BCUT2D eigenvalue weighted by Crippen LogP contribution is 2.47. The minimum Gasteiger partial charge on any atom is -0.0628 e. The third-order valence-electron chi connectivity index (χ3n) is 3.19. The summed E-state index contributed by atoms with van der Waals surface area (Å²) < 4.78 is 0. The van der Waals surface area contributed by atoms with Gasteiger partial charge in [0.05, 0.1) is 0 Å². The van der Waals surface area contributed by atoms with Crippen LogP contribution in [0.3, 0.4) is 0 Å². The Morgan fingerprint density at radius 1 is 1.17 bits per heavy atom. The zero-order valence-corrected chi connectivity index (χ0v) is 9.14. The average molecular weight is 168 g/mol. The van der Waals surface area contributed by atoms with E-state index in [2.05, 4.69) is 27.7 Å². The monoisotopic (exact) mass is 168 g/mol. The molecule has 0 radical (unpaired) electrons. The molecule has 0 unspecified atom stereocenters. The molecular weight excluding hydrogens is 144 g/mol. The summed E-state index contributed by atoms with van der Waals surface area (Å²) in [4.78, 5) is 0. The smallest absolute Gasteiger partial charge is 0.0360 e. The van der Waals surface area contributed by atoms with Crippen molar-refractivity contribution in [2.24, 2.45) is 23.7 Å². The van der Waals surface area contributed by atoms with Crippen LogP contribution in [0.1, 0.15) is 53.4 Å². The van der Waals surface area contributed by atoms with Crippen LogP contribution in [0, 0.1) is 23.7 Å². The first kappa shape index (κ1) is 10.1. The maximum atomic E-state index is 2.37. The van der Waals surface area contributed by atoms with Gasteiger partial charge in [0.25, 0.3) is 0 Å². The maximum Gasteiger partial charge on any atom is -0.0360 e. The van der Waals surface area contributed by atoms with Gasteiger partial charge >= 0.3 is 0 Å². The first-order valence-electron chi connectivity index (χ1n) is 5.61. The second kappa shape index (κ2) is 4.30. The molecule has 0 N–H and O–H groups in total. The molecule has 0 aromatic heterocycles. The van der Waals surface area contributed by atoms with E-state index in [-0.39, 0.29) is 0 Å². The fourth-order valence-corrected chi connectivity index (χ4v) is 2.21. The van der Waals surface area contributed by atoms with Crippen LogP contribution in [0.25, 0.3) is 0 Å². The van der Waals surface area contributed by atoms with Gasteiger partial charge in [-0.15, -0.1) is 0 Å². The summed E-state index contributed by atoms with van der Waals surface area (Å²) in [6, 6.07) is 0. The molecule has 1 saturated carbocycles. The van der Waals surface area contributed by atoms with E-state index in [0.717, 1.165) is 23.7 Å². The van der Waals surface area contributed by atoms with Crippen molar-refractivity contribution >= 4 is 0 Å². The lowest BCUT2D eigenvalue weighted by Crippen LogP contribution is -1.94. The molecule has 0 amide bonds. The Kier molecular flexibility index (Phi) is 3.61. The van der Waals surface area contributed by atoms with Crippen molar-refractivity contribution in [1.82, 2.24) is 0 Å². The highest BCUT2D eigenvalue weighted by molar-refractivity contribution is 4.87. The van der Waals surface area contributed by atoms with Crippen molar-refractivity contribution in [1.29, 1.82) is 0 Å². The molecule has 12 heavy (non-hydrogen) atoms. The Morgan fingerprint density at radius 2 is 1.83 bits per heavy atom. The Balaban J connectivity index is 1.97. The van der Waals surface area contributed by atoms with Crippen molar-refractivity contribution in [3.8, 4) is 0 Å². The summed E-state index contributed by atoms with van der Waals surface area (Å²) in [5.41, 5.74) is 0. The predicted octanol–water partition coefficient (Wildman–Crippen LogP) is 4.10. The van der Waals surface area contributed by atoms with Crippen molar-refractivity contribution in [3.63, 3.8) is 0 Å². The number of hydrogen-bond acceptors (Lipinski definition) is 0. The molecule has 0 heterocycles. The second-order valence-electron chi connectivity index (χ2n) is 5.23. The molecule has 0 aliphatic heterocycles. The fraction of sp³-hybridized carbons (Fsp3) is 1.00. The summed E-state index contributed by atoms with van der Waals surface area (Å²) in [6.07, 6.45) is 5.92. The average Bonchev–Trinajstić information content (AvgIpc) is 2.66. The molecule has 0 aromatic rings. The highest BCUT2D eigenvalue weighted by Gasteiger charge is 2.37. The van der Waals surface area contributed by atoms with Crippen LogP contribution in [0.2, 0.25) is 0 Å². The topological polar surface area (TPSA) is 0 Å². The largest absolute Gasteiger partial charge is 0.0628 e. The lowest BCUT2D eigenvalue weighted by molar-refractivity contribution is 0.467. The molecule has 0 heteroatoms. The van der Waals surface area contributed by atoms with Gasteiger partial charge in [-0.3, -0.25) is 0 Å². The first-order chi connectivity index (χ1) is 5.61. The minimum absolute atomic E-state index is 0.904. The maximum absolute atomic E-state index is 2.37. The highest BCUT2D eigenvalue weighted by atomic mass is 14.4. The molecule has 0 bridgehead atoms. The summed E-state index contributed by atoms with van der Waals surface area (Å²) in [5, 5.41) is 0. The quantitative estimate of drug-likeness (QED) is 0.579. The normalized spacial score (nSPS) is 28.5. The summed E-state index contributed by atoms with van der Waals surface area (Å²) in [6.45, 7) is 9.39. The van der Waals surface area contributed by atoms with Gasteiger partial charge in [0, 0.05) is 0 Å². The van der Waals surface area contributed by atoms with E-state index in [1.165, 1.54) is 25.7 Å². The zero-order chi connectivity index (χ0) is 9.14. The van der Waals surface area contributed by atoms with Crippen LogP contribution in [-0.4, -0.2) is 0 Å². The van der Waals surface area contributed by atoms with E-state index in [9.17, 15) is 0 Å². The van der Waals surface area contributed by atoms with Gasteiger partial charge < -0.3 is 0 Å². The lowest BCUT2D eigenvalue weighted by Gasteiger charge is -2.05. The number of hydrogen-bond donors (Lipinski definition) is 0. The molecule has 72 valence electrons. The van der Waals surface area contributed by atoms with E-state index >= 15 is 0 Å². The Hall–Kier alpha value is 0. The van der Waals surface area contributed by atoms with Crippen LogP contribution < -0.4 is 0 Å². The molecule has 0 saturated heterocycles. The second-order valence-corrected chi connectivity index (χ2v) is 5.23. The van der Waals surface area contributed by atoms with Gasteiger partial charge in [-0.05, 0) is 30.1 Å². The fourth-order valence-electron chi connectivity index (χ4n) is 2.21. The number of rotatable bonds is 5. The van der Waals surface area contributed by atoms with Gasteiger partial charge in [-0.25, -0.2) is 0 Å². The van der Waals surface area contributed by atoms with Crippen LogP contribution in [0.4, 0.5) is 0 Å².